The van der Waals surface area contributed by atoms with E-state index in [2.05, 4.69) is 325 Å². The van der Waals surface area contributed by atoms with Crippen LogP contribution in [-0.4, -0.2) is 25.3 Å². The Hall–Kier alpha value is -9.33. The highest BCUT2D eigenvalue weighted by atomic mass is 28.3. The minimum absolute atomic E-state index is 1.13. The topological polar surface area (TPSA) is 9.86 Å². The van der Waals surface area contributed by atoms with E-state index in [1.807, 2.05) is 0 Å². The molecule has 0 atom stereocenters. The Kier molecular flexibility index (Phi) is 11.2. The molecule has 2 heterocycles. The number of rotatable bonds is 11. The van der Waals surface area contributed by atoms with E-state index in [9.17, 15) is 0 Å². The first kappa shape index (κ1) is 45.3. The van der Waals surface area contributed by atoms with Crippen molar-refractivity contribution in [3.05, 3.63) is 315 Å². The van der Waals surface area contributed by atoms with Crippen LogP contribution in [0, 0.1) is 0 Å². The fraction of sp³-hybridized carbons (Fsp3) is 0. The summed E-state index contributed by atoms with van der Waals surface area (Å²) in [5.41, 5.74) is 9.37. The van der Waals surface area contributed by atoms with Crippen molar-refractivity contribution in [3.63, 3.8) is 0 Å². The van der Waals surface area contributed by atoms with Gasteiger partial charge in [-0.3, -0.25) is 0 Å². The summed E-state index contributed by atoms with van der Waals surface area (Å²) >= 11 is 0. The van der Waals surface area contributed by atoms with Crippen LogP contribution in [0.5, 0.6) is 0 Å². The van der Waals surface area contributed by atoms with Crippen LogP contribution in [0.25, 0.3) is 66.1 Å². The van der Waals surface area contributed by atoms with Gasteiger partial charge in [0.2, 0.25) is 0 Å². The van der Waals surface area contributed by atoms with Gasteiger partial charge in [-0.15, -0.1) is 0 Å². The molecular weight excluding hydrogens is 949 g/mol. The molecule has 2 aromatic heterocycles. The molecule has 14 rings (SSSR count). The summed E-state index contributed by atoms with van der Waals surface area (Å²) < 4.78 is 5.09. The Morgan fingerprint density at radius 2 is 0.592 bits per heavy atom. The van der Waals surface area contributed by atoms with E-state index in [-0.39, 0.29) is 0 Å². The minimum Gasteiger partial charge on any atom is -0.309 e. The molecule has 14 aromatic rings. The minimum atomic E-state index is -2.87. The maximum Gasteiger partial charge on any atom is 0.179 e. The first-order valence-electron chi connectivity index (χ1n) is 26.3. The average molecular weight is 1000 g/mol. The molecule has 0 saturated heterocycles. The Labute approximate surface area is 445 Å². The maximum atomic E-state index is 2.56. The third-order valence-electron chi connectivity index (χ3n) is 16.0. The number of para-hydroxylation sites is 1. The Balaban J connectivity index is 1.08. The highest BCUT2D eigenvalue weighted by Crippen LogP contribution is 2.42. The molecule has 0 aliphatic heterocycles. The molecule has 12 aromatic carbocycles. The van der Waals surface area contributed by atoms with Crippen LogP contribution in [-0.2, 0) is 0 Å². The Morgan fingerprint density at radius 3 is 1.11 bits per heavy atom. The standard InChI is InChI=1S/C72H52N2Si2/c1-8-26-53(27-9-1)54-28-24-29-55(50-54)74-69-48-46-64(76(60-37-16-5-17-38-60,61-39-18-6-19-40-61)62-41-20-7-21-42-62)52-67(69)65-47-49-70-71(72(65)74)66-44-22-23-45-68(66)73(70)56-30-25-43-63(51-56)75(57-31-10-2-11-32-57,58-33-12-3-13-34-58)59-35-14-4-15-36-59/h1-52H. The van der Waals surface area contributed by atoms with Gasteiger partial charge in [-0.05, 0) is 95.1 Å². The second kappa shape index (κ2) is 18.9. The lowest BCUT2D eigenvalue weighted by atomic mass is 10.0. The van der Waals surface area contributed by atoms with Crippen LogP contribution < -0.4 is 41.5 Å². The molecule has 0 unspecified atom stereocenters. The number of nitrogens with zero attached hydrogens (tertiary/aromatic N) is 2. The molecule has 0 N–H and O–H groups in total. The van der Waals surface area contributed by atoms with Crippen molar-refractivity contribution in [1.29, 1.82) is 0 Å². The van der Waals surface area contributed by atoms with Gasteiger partial charge in [0.05, 0.1) is 22.1 Å². The second-order valence-corrected chi connectivity index (χ2v) is 27.6. The van der Waals surface area contributed by atoms with Gasteiger partial charge in [-0.2, -0.15) is 0 Å². The molecule has 76 heavy (non-hydrogen) atoms. The van der Waals surface area contributed by atoms with Crippen molar-refractivity contribution in [3.8, 4) is 22.5 Å². The molecule has 0 bridgehead atoms. The number of aromatic nitrogens is 2. The van der Waals surface area contributed by atoms with Crippen LogP contribution in [0.1, 0.15) is 0 Å². The molecule has 4 heteroatoms. The van der Waals surface area contributed by atoms with E-state index < -0.39 is 16.1 Å². The smallest absolute Gasteiger partial charge is 0.179 e. The highest BCUT2D eigenvalue weighted by molar-refractivity contribution is 7.20. The molecular formula is C72H52N2Si2. The number of benzene rings is 12. The van der Waals surface area contributed by atoms with Gasteiger partial charge in [-0.25, -0.2) is 0 Å². The van der Waals surface area contributed by atoms with Crippen molar-refractivity contribution in [2.45, 2.75) is 0 Å². The van der Waals surface area contributed by atoms with E-state index in [0.29, 0.717) is 0 Å². The summed E-state index contributed by atoms with van der Waals surface area (Å²) in [6.45, 7) is 0. The van der Waals surface area contributed by atoms with Gasteiger partial charge in [0.15, 0.2) is 16.1 Å². The monoisotopic (exact) mass is 1000 g/mol. The lowest BCUT2D eigenvalue weighted by Gasteiger charge is -2.34. The van der Waals surface area contributed by atoms with E-state index in [0.717, 1.165) is 11.4 Å². The van der Waals surface area contributed by atoms with Crippen molar-refractivity contribution >= 4 is 101 Å². The van der Waals surface area contributed by atoms with Gasteiger partial charge in [0.1, 0.15) is 0 Å². The summed E-state index contributed by atoms with van der Waals surface area (Å²) in [4.78, 5) is 0. The maximum absolute atomic E-state index is 2.87. The van der Waals surface area contributed by atoms with E-state index >= 15 is 0 Å². The first-order valence-corrected chi connectivity index (χ1v) is 30.3. The zero-order chi connectivity index (χ0) is 50.5. The molecule has 0 aliphatic rings. The normalized spacial score (nSPS) is 11.9. The highest BCUT2D eigenvalue weighted by Gasteiger charge is 2.43. The Bertz CT molecular complexity index is 4170. The summed E-state index contributed by atoms with van der Waals surface area (Å²) in [7, 11) is -5.71. The van der Waals surface area contributed by atoms with Crippen LogP contribution in [0.15, 0.2) is 315 Å². The fourth-order valence-electron chi connectivity index (χ4n) is 12.8. The molecule has 0 radical (unpaired) electrons. The molecule has 0 aliphatic carbocycles. The second-order valence-electron chi connectivity index (χ2n) is 19.9. The molecule has 0 saturated carbocycles. The third-order valence-corrected chi connectivity index (χ3v) is 25.5. The number of fused-ring (bicyclic) bond motifs is 7. The molecule has 0 fully saturated rings. The third kappa shape index (κ3) is 7.14. The molecule has 2 nitrogen and oxygen atoms in total. The van der Waals surface area contributed by atoms with E-state index in [4.69, 9.17) is 0 Å². The van der Waals surface area contributed by atoms with Gasteiger partial charge >= 0.3 is 0 Å². The summed E-state index contributed by atoms with van der Waals surface area (Å²) in [6.07, 6.45) is 0. The SMILES string of the molecule is c1ccc(-c2cccc(-n3c4ccc([Si](c5ccccc5)(c5ccccc5)c5ccccc5)cc4c4ccc5c(c6ccccc6n5-c5cccc([Si](c6ccccc6)(c6ccccc6)c6ccccc6)c5)c43)c2)cc1. The Morgan fingerprint density at radius 1 is 0.211 bits per heavy atom. The fourth-order valence-corrected chi connectivity index (χ4v) is 22.4. The van der Waals surface area contributed by atoms with Crippen LogP contribution in [0.4, 0.5) is 0 Å². The van der Waals surface area contributed by atoms with Crippen LogP contribution >= 0.6 is 0 Å². The van der Waals surface area contributed by atoms with Gasteiger partial charge < -0.3 is 9.13 Å². The average Bonchev–Trinajstić information content (AvgIpc) is 4.03. The van der Waals surface area contributed by atoms with Crippen molar-refractivity contribution in [2.24, 2.45) is 0 Å². The van der Waals surface area contributed by atoms with Crippen molar-refractivity contribution in [2.75, 3.05) is 0 Å². The lowest BCUT2D eigenvalue weighted by molar-refractivity contribution is 1.18. The number of hydrogen-bond acceptors (Lipinski definition) is 0. The molecule has 358 valence electrons. The summed E-state index contributed by atoms with van der Waals surface area (Å²) in [6, 6.07) is 118. The zero-order valence-corrected chi connectivity index (χ0v) is 43.9. The van der Waals surface area contributed by atoms with Crippen LogP contribution in [0.3, 0.4) is 0 Å². The number of hydrogen-bond donors (Lipinski definition) is 0. The van der Waals surface area contributed by atoms with Gasteiger partial charge in [0, 0.05) is 32.9 Å². The largest absolute Gasteiger partial charge is 0.309 e. The van der Waals surface area contributed by atoms with Crippen molar-refractivity contribution < 1.29 is 0 Å². The summed E-state index contributed by atoms with van der Waals surface area (Å²) in [5, 5.41) is 15.7. The van der Waals surface area contributed by atoms with E-state index in [1.165, 1.54) is 96.2 Å². The van der Waals surface area contributed by atoms with Gasteiger partial charge in [-0.1, -0.05) is 273 Å². The first-order chi connectivity index (χ1) is 37.7. The molecule has 0 spiro atoms. The lowest BCUT2D eigenvalue weighted by Crippen LogP contribution is -2.74. The predicted octanol–water partition coefficient (Wildman–Crippen LogP) is 12.3. The zero-order valence-electron chi connectivity index (χ0n) is 41.9. The predicted molar refractivity (Wildman–Crippen MR) is 328 cm³/mol. The van der Waals surface area contributed by atoms with Gasteiger partial charge in [0.25, 0.3) is 0 Å². The van der Waals surface area contributed by atoms with Crippen LogP contribution in [0.2, 0.25) is 0 Å². The molecule has 0 amide bonds. The quantitative estimate of drug-likeness (QED) is 0.0903. The van der Waals surface area contributed by atoms with Crippen molar-refractivity contribution in [1.82, 2.24) is 9.13 Å². The summed E-state index contributed by atoms with van der Waals surface area (Å²) in [5.74, 6) is 0. The van der Waals surface area contributed by atoms with E-state index in [1.54, 1.807) is 0 Å².